The molecule has 2 amide bonds. The normalized spacial score (nSPS) is 20.4. The van der Waals surface area contributed by atoms with Crippen LogP contribution >= 0.6 is 0 Å². The van der Waals surface area contributed by atoms with Crippen molar-refractivity contribution in [3.8, 4) is 0 Å². The maximum atomic E-state index is 12.6. The Labute approximate surface area is 177 Å². The van der Waals surface area contributed by atoms with Crippen LogP contribution in [0.5, 0.6) is 0 Å². The number of carbonyl (C=O) groups is 2. The number of fused-ring (bicyclic) bond motifs is 1. The number of nitrogens with one attached hydrogen (secondary N) is 2. The van der Waals surface area contributed by atoms with E-state index in [0.29, 0.717) is 18.7 Å². The summed E-state index contributed by atoms with van der Waals surface area (Å²) < 4.78 is 5.00. The first kappa shape index (κ1) is 21.8. The maximum Gasteiger partial charge on any atom is 0.251 e. The van der Waals surface area contributed by atoms with E-state index in [1.165, 1.54) is 0 Å². The number of hydrogen-bond donors (Lipinski definition) is 2. The minimum absolute atomic E-state index is 0.00121. The molecular weight excluding hydrogens is 380 g/mol. The second-order valence-corrected chi connectivity index (χ2v) is 7.80. The summed E-state index contributed by atoms with van der Waals surface area (Å²) in [6.45, 7) is 8.59. The summed E-state index contributed by atoms with van der Waals surface area (Å²) in [6, 6.07) is 11.3. The maximum absolute atomic E-state index is 12.6. The largest absolute Gasteiger partial charge is 0.383 e. The highest BCUT2D eigenvalue weighted by Crippen LogP contribution is 2.42. The van der Waals surface area contributed by atoms with E-state index in [9.17, 15) is 9.59 Å². The van der Waals surface area contributed by atoms with Gasteiger partial charge < -0.3 is 20.3 Å². The van der Waals surface area contributed by atoms with Crippen LogP contribution < -0.4 is 15.5 Å². The van der Waals surface area contributed by atoms with Crippen LogP contribution in [0.1, 0.15) is 48.4 Å². The molecule has 0 spiro atoms. The minimum atomic E-state index is -0.164. The number of aromatic nitrogens is 1. The quantitative estimate of drug-likeness (QED) is 0.714. The second-order valence-electron chi connectivity index (χ2n) is 7.80. The number of methoxy groups -OCH3 is 1. The van der Waals surface area contributed by atoms with Crippen molar-refractivity contribution in [2.75, 3.05) is 30.5 Å². The lowest BCUT2D eigenvalue weighted by molar-refractivity contribution is -0.117. The molecular formula is C23H30N4O3. The lowest BCUT2D eigenvalue weighted by Crippen LogP contribution is -2.48. The first-order valence-electron chi connectivity index (χ1n) is 10.2. The van der Waals surface area contributed by atoms with Crippen LogP contribution in [0.2, 0.25) is 0 Å². The molecule has 0 unspecified atom stereocenters. The Morgan fingerprint density at radius 2 is 1.97 bits per heavy atom. The molecule has 2 aromatic rings. The van der Waals surface area contributed by atoms with E-state index in [0.717, 1.165) is 22.8 Å². The molecule has 0 saturated carbocycles. The van der Waals surface area contributed by atoms with Crippen molar-refractivity contribution in [3.05, 3.63) is 53.2 Å². The first-order chi connectivity index (χ1) is 14.3. The van der Waals surface area contributed by atoms with Crippen molar-refractivity contribution in [2.45, 2.75) is 39.8 Å². The van der Waals surface area contributed by atoms with Crippen LogP contribution in [0.3, 0.4) is 0 Å². The number of benzene rings is 1. The molecule has 0 fully saturated rings. The summed E-state index contributed by atoms with van der Waals surface area (Å²) in [5.74, 6) is 0.703. The number of hydrogen-bond acceptors (Lipinski definition) is 5. The van der Waals surface area contributed by atoms with E-state index in [1.54, 1.807) is 20.1 Å². The Balaban J connectivity index is 2.01. The number of nitrogens with zero attached hydrogens (tertiary/aromatic N) is 2. The van der Waals surface area contributed by atoms with Gasteiger partial charge >= 0.3 is 0 Å². The van der Waals surface area contributed by atoms with Crippen LogP contribution in [0.4, 0.5) is 11.5 Å². The minimum Gasteiger partial charge on any atom is -0.383 e. The van der Waals surface area contributed by atoms with Gasteiger partial charge in [0, 0.05) is 49.5 Å². The van der Waals surface area contributed by atoms with Crippen LogP contribution in [0.15, 0.2) is 36.4 Å². The van der Waals surface area contributed by atoms with Crippen LogP contribution in [0.25, 0.3) is 0 Å². The zero-order valence-electron chi connectivity index (χ0n) is 18.2. The molecule has 0 radical (unpaired) electrons. The van der Waals surface area contributed by atoms with Gasteiger partial charge in [0.1, 0.15) is 5.82 Å². The van der Waals surface area contributed by atoms with Gasteiger partial charge in [0.15, 0.2) is 0 Å². The number of aryl methyl sites for hydroxylation is 1. The molecule has 2 N–H and O–H groups in total. The van der Waals surface area contributed by atoms with Crippen molar-refractivity contribution in [2.24, 2.45) is 5.92 Å². The molecule has 3 atom stereocenters. The smallest absolute Gasteiger partial charge is 0.251 e. The van der Waals surface area contributed by atoms with Gasteiger partial charge in [-0.25, -0.2) is 4.98 Å². The lowest BCUT2D eigenvalue weighted by atomic mass is 9.82. The highest BCUT2D eigenvalue weighted by Gasteiger charge is 2.38. The molecule has 1 aliphatic rings. The highest BCUT2D eigenvalue weighted by molar-refractivity contribution is 5.98. The third-order valence-corrected chi connectivity index (χ3v) is 5.70. The number of ether oxygens (including phenoxy) is 1. The fourth-order valence-corrected chi connectivity index (χ4v) is 4.00. The molecule has 0 aliphatic carbocycles. The van der Waals surface area contributed by atoms with Crippen molar-refractivity contribution in [1.82, 2.24) is 10.3 Å². The third-order valence-electron chi connectivity index (χ3n) is 5.70. The van der Waals surface area contributed by atoms with Gasteiger partial charge in [0.05, 0.1) is 12.6 Å². The van der Waals surface area contributed by atoms with E-state index in [4.69, 9.17) is 4.74 Å². The molecule has 1 aromatic heterocycles. The highest BCUT2D eigenvalue weighted by atomic mass is 16.5. The standard InChI is InChI=1S/C23H30N4O3/c1-14-7-6-8-21(25-14)26-22-15(2)16(3)27(17(4)28)20-10-9-18(13-19(20)22)23(29)24-11-12-30-5/h6-10,13,15-16,22H,11-12H2,1-5H3,(H,24,29)(H,25,26)/t15-,16-,22+/m0/s1. The van der Waals surface area contributed by atoms with Crippen LogP contribution in [-0.4, -0.2) is 43.1 Å². The number of amides is 2. The monoisotopic (exact) mass is 410 g/mol. The molecule has 0 bridgehead atoms. The zero-order chi connectivity index (χ0) is 21.8. The Morgan fingerprint density at radius 1 is 1.20 bits per heavy atom. The summed E-state index contributed by atoms with van der Waals surface area (Å²) in [5, 5.41) is 6.39. The molecule has 3 rings (SSSR count). The van der Waals surface area contributed by atoms with E-state index < -0.39 is 0 Å². The van der Waals surface area contributed by atoms with Crippen molar-refractivity contribution in [1.29, 1.82) is 0 Å². The molecule has 1 aromatic carbocycles. The molecule has 30 heavy (non-hydrogen) atoms. The van der Waals surface area contributed by atoms with Gasteiger partial charge in [-0.2, -0.15) is 0 Å². The molecule has 7 heteroatoms. The summed E-state index contributed by atoms with van der Waals surface area (Å²) in [6.07, 6.45) is 0. The van der Waals surface area contributed by atoms with Gasteiger partial charge in [0.25, 0.3) is 5.91 Å². The topological polar surface area (TPSA) is 83.6 Å². The Bertz CT molecular complexity index is 930. The fraction of sp³-hybridized carbons (Fsp3) is 0.435. The van der Waals surface area contributed by atoms with E-state index in [1.807, 2.05) is 42.2 Å². The number of anilines is 2. The van der Waals surface area contributed by atoms with E-state index >= 15 is 0 Å². The molecule has 1 aliphatic heterocycles. The number of carbonyl (C=O) groups excluding carboxylic acids is 2. The number of rotatable bonds is 6. The third kappa shape index (κ3) is 4.46. The van der Waals surface area contributed by atoms with Gasteiger partial charge in [0.2, 0.25) is 5.91 Å². The van der Waals surface area contributed by atoms with Gasteiger partial charge in [-0.1, -0.05) is 13.0 Å². The summed E-state index contributed by atoms with van der Waals surface area (Å²) in [7, 11) is 1.60. The van der Waals surface area contributed by atoms with E-state index in [2.05, 4.69) is 29.5 Å². The predicted octanol–water partition coefficient (Wildman–Crippen LogP) is 3.31. The molecule has 0 saturated heterocycles. The average Bonchev–Trinajstić information content (AvgIpc) is 2.71. The van der Waals surface area contributed by atoms with Gasteiger partial charge in [-0.3, -0.25) is 9.59 Å². The summed E-state index contributed by atoms with van der Waals surface area (Å²) >= 11 is 0. The Hall–Kier alpha value is -2.93. The molecule has 160 valence electrons. The first-order valence-corrected chi connectivity index (χ1v) is 10.2. The van der Waals surface area contributed by atoms with Gasteiger partial charge in [-0.15, -0.1) is 0 Å². The molecule has 7 nitrogen and oxygen atoms in total. The van der Waals surface area contributed by atoms with Crippen LogP contribution in [-0.2, 0) is 9.53 Å². The summed E-state index contributed by atoms with van der Waals surface area (Å²) in [4.78, 5) is 31.4. The Kier molecular flexibility index (Phi) is 6.72. The summed E-state index contributed by atoms with van der Waals surface area (Å²) in [5.41, 5.74) is 3.22. The van der Waals surface area contributed by atoms with Crippen molar-refractivity contribution < 1.29 is 14.3 Å². The average molecular weight is 411 g/mol. The fourth-order valence-electron chi connectivity index (χ4n) is 4.00. The SMILES string of the molecule is COCCNC(=O)c1ccc2c(c1)[C@H](Nc1cccc(C)n1)[C@@H](C)[C@H](C)N2C(C)=O. The lowest BCUT2D eigenvalue weighted by Gasteiger charge is -2.44. The predicted molar refractivity (Wildman–Crippen MR) is 118 cm³/mol. The van der Waals surface area contributed by atoms with E-state index in [-0.39, 0.29) is 29.8 Å². The van der Waals surface area contributed by atoms with Crippen molar-refractivity contribution in [3.63, 3.8) is 0 Å². The van der Waals surface area contributed by atoms with Gasteiger partial charge in [-0.05, 0) is 49.7 Å². The second kappa shape index (κ2) is 9.26. The van der Waals surface area contributed by atoms with Crippen molar-refractivity contribution >= 4 is 23.3 Å². The molecule has 2 heterocycles. The van der Waals surface area contributed by atoms with Crippen LogP contribution in [0, 0.1) is 12.8 Å². The Morgan fingerprint density at radius 3 is 2.63 bits per heavy atom. The number of pyridine rings is 1. The zero-order valence-corrected chi connectivity index (χ0v) is 18.2.